The van der Waals surface area contributed by atoms with Gasteiger partial charge in [0.25, 0.3) is 5.91 Å². The number of benzene rings is 2. The SMILES string of the molecule is CC(C)(C)[C@@H](CN1CCN(Cc2ccc(Cl)c(Cl)c2)CC1)NC(=O)c1ccc(S(C)(=O)=O)cc1.Cl.Cl. The van der Waals surface area contributed by atoms with Crippen LogP contribution in [0.3, 0.4) is 0 Å². The topological polar surface area (TPSA) is 69.7 Å². The molecule has 11 heteroatoms. The Labute approximate surface area is 237 Å². The molecule has 1 saturated heterocycles. The van der Waals surface area contributed by atoms with E-state index in [1.54, 1.807) is 12.1 Å². The lowest BCUT2D eigenvalue weighted by Crippen LogP contribution is -2.54. The third-order valence-electron chi connectivity index (χ3n) is 6.19. The number of amides is 1. The molecule has 0 radical (unpaired) electrons. The molecular weight excluding hydrogens is 564 g/mol. The maximum absolute atomic E-state index is 12.9. The van der Waals surface area contributed by atoms with Crippen LogP contribution in [0.5, 0.6) is 0 Å². The Morgan fingerprint density at radius 2 is 1.50 bits per heavy atom. The van der Waals surface area contributed by atoms with E-state index in [1.165, 1.54) is 12.1 Å². The van der Waals surface area contributed by atoms with Crippen molar-refractivity contribution in [2.75, 3.05) is 39.0 Å². The fourth-order valence-corrected chi connectivity index (χ4v) is 4.87. The van der Waals surface area contributed by atoms with Gasteiger partial charge in [-0.25, -0.2) is 8.42 Å². The van der Waals surface area contributed by atoms with Crippen molar-refractivity contribution in [1.29, 1.82) is 0 Å². The molecule has 1 heterocycles. The highest BCUT2D eigenvalue weighted by molar-refractivity contribution is 7.90. The largest absolute Gasteiger partial charge is 0.347 e. The lowest BCUT2D eigenvalue weighted by atomic mass is 9.86. The quantitative estimate of drug-likeness (QED) is 0.474. The van der Waals surface area contributed by atoms with Crippen molar-refractivity contribution in [3.05, 3.63) is 63.6 Å². The van der Waals surface area contributed by atoms with Gasteiger partial charge in [0.2, 0.25) is 0 Å². The number of sulfone groups is 1. The molecule has 0 saturated carbocycles. The molecule has 1 amide bonds. The molecule has 0 aliphatic carbocycles. The van der Waals surface area contributed by atoms with E-state index in [9.17, 15) is 13.2 Å². The Morgan fingerprint density at radius 3 is 2.00 bits per heavy atom. The van der Waals surface area contributed by atoms with Crippen LogP contribution in [0.1, 0.15) is 36.7 Å². The highest BCUT2D eigenvalue weighted by atomic mass is 35.5. The molecule has 1 fully saturated rings. The molecule has 6 nitrogen and oxygen atoms in total. The van der Waals surface area contributed by atoms with Crippen molar-refractivity contribution in [1.82, 2.24) is 15.1 Å². The average molecular weight is 599 g/mol. The van der Waals surface area contributed by atoms with E-state index in [0.717, 1.165) is 51.1 Å². The Balaban J connectivity index is 0.00000324. The van der Waals surface area contributed by atoms with E-state index in [-0.39, 0.29) is 47.1 Å². The Kier molecular flexibility index (Phi) is 12.5. The van der Waals surface area contributed by atoms with E-state index in [1.807, 2.05) is 18.2 Å². The van der Waals surface area contributed by atoms with Crippen molar-refractivity contribution in [3.8, 4) is 0 Å². The van der Waals surface area contributed by atoms with Gasteiger partial charge in [0.05, 0.1) is 14.9 Å². The normalized spacial score (nSPS) is 15.9. The number of carbonyl (C=O) groups excluding carboxylic acids is 1. The molecule has 2 aromatic rings. The van der Waals surface area contributed by atoms with Gasteiger partial charge in [-0.15, -0.1) is 24.8 Å². The summed E-state index contributed by atoms with van der Waals surface area (Å²) >= 11 is 12.2. The standard InChI is InChI=1S/C25H33Cl2N3O3S.2ClH/c1-25(2,3)23(28-24(31)19-6-8-20(9-7-19)34(4,32)33)17-30-13-11-29(12-14-30)16-18-5-10-21(26)22(27)15-18;;/h5-10,15,23H,11-14,16-17H2,1-4H3,(H,28,31);2*1H/t23-;;/m1../s1. The first-order valence-electron chi connectivity index (χ1n) is 11.3. The van der Waals surface area contributed by atoms with Crippen LogP contribution >= 0.6 is 48.0 Å². The zero-order valence-electron chi connectivity index (χ0n) is 21.0. The Morgan fingerprint density at radius 1 is 0.944 bits per heavy atom. The number of piperazine rings is 1. The fraction of sp³-hybridized carbons (Fsp3) is 0.480. The zero-order valence-corrected chi connectivity index (χ0v) is 24.9. The molecular formula is C25H35Cl4N3O3S. The molecule has 1 aliphatic rings. The summed E-state index contributed by atoms with van der Waals surface area (Å²) in [5.41, 5.74) is 1.46. The summed E-state index contributed by atoms with van der Waals surface area (Å²) < 4.78 is 23.4. The van der Waals surface area contributed by atoms with Crippen LogP contribution < -0.4 is 5.32 Å². The molecule has 36 heavy (non-hydrogen) atoms. The summed E-state index contributed by atoms with van der Waals surface area (Å²) in [5, 5.41) is 4.31. The summed E-state index contributed by atoms with van der Waals surface area (Å²) in [4.78, 5) is 17.9. The summed E-state index contributed by atoms with van der Waals surface area (Å²) in [7, 11) is -3.29. The second kappa shape index (κ2) is 13.7. The summed E-state index contributed by atoms with van der Waals surface area (Å²) in [6.45, 7) is 11.6. The highest BCUT2D eigenvalue weighted by Gasteiger charge is 2.30. The van der Waals surface area contributed by atoms with Crippen molar-refractivity contribution in [2.24, 2.45) is 5.41 Å². The van der Waals surface area contributed by atoms with Crippen molar-refractivity contribution in [2.45, 2.75) is 38.3 Å². The van der Waals surface area contributed by atoms with Gasteiger partial charge in [-0.1, -0.05) is 50.0 Å². The Bertz CT molecular complexity index is 1110. The molecule has 1 N–H and O–H groups in total. The summed E-state index contributed by atoms with van der Waals surface area (Å²) in [6, 6.07) is 11.8. The van der Waals surface area contributed by atoms with Gasteiger partial charge in [0, 0.05) is 57.1 Å². The van der Waals surface area contributed by atoms with Gasteiger partial charge in [0.1, 0.15) is 0 Å². The molecule has 2 aromatic carbocycles. The summed E-state index contributed by atoms with van der Waals surface area (Å²) in [6.07, 6.45) is 1.15. The molecule has 0 bridgehead atoms. The number of nitrogens with zero attached hydrogens (tertiary/aromatic N) is 2. The van der Waals surface area contributed by atoms with Crippen LogP contribution in [-0.4, -0.2) is 69.1 Å². The second-order valence-corrected chi connectivity index (χ2v) is 12.8. The van der Waals surface area contributed by atoms with E-state index in [4.69, 9.17) is 23.2 Å². The lowest BCUT2D eigenvalue weighted by Gasteiger charge is -2.40. The number of nitrogens with one attached hydrogen (secondary N) is 1. The minimum absolute atomic E-state index is 0. The lowest BCUT2D eigenvalue weighted by molar-refractivity contribution is 0.0790. The first-order valence-corrected chi connectivity index (χ1v) is 14.0. The van der Waals surface area contributed by atoms with Crippen LogP contribution in [0, 0.1) is 5.41 Å². The predicted octanol–water partition coefficient (Wildman–Crippen LogP) is 5.20. The summed E-state index contributed by atoms with van der Waals surface area (Å²) in [5.74, 6) is -0.196. The second-order valence-electron chi connectivity index (χ2n) is 10.0. The predicted molar refractivity (Wildman–Crippen MR) is 153 cm³/mol. The van der Waals surface area contributed by atoms with Gasteiger partial charge in [-0.05, 0) is 47.4 Å². The van der Waals surface area contributed by atoms with Crippen molar-refractivity contribution >= 4 is 63.8 Å². The molecule has 0 aromatic heterocycles. The van der Waals surface area contributed by atoms with Gasteiger partial charge >= 0.3 is 0 Å². The first kappa shape index (κ1) is 33.0. The van der Waals surface area contributed by atoms with Crippen LogP contribution in [0.25, 0.3) is 0 Å². The number of hydrogen-bond donors (Lipinski definition) is 1. The van der Waals surface area contributed by atoms with Crippen LogP contribution in [-0.2, 0) is 16.4 Å². The molecule has 3 rings (SSSR count). The van der Waals surface area contributed by atoms with E-state index in [2.05, 4.69) is 35.9 Å². The Hall–Kier alpha value is -1.06. The zero-order chi connectivity index (χ0) is 25.1. The van der Waals surface area contributed by atoms with Crippen LogP contribution in [0.15, 0.2) is 47.4 Å². The first-order chi connectivity index (χ1) is 15.8. The highest BCUT2D eigenvalue weighted by Crippen LogP contribution is 2.24. The third kappa shape index (κ3) is 9.35. The molecule has 202 valence electrons. The molecule has 0 unspecified atom stereocenters. The monoisotopic (exact) mass is 597 g/mol. The van der Waals surface area contributed by atoms with Crippen LogP contribution in [0.2, 0.25) is 10.0 Å². The van der Waals surface area contributed by atoms with Crippen molar-refractivity contribution in [3.63, 3.8) is 0 Å². The molecule has 1 atom stereocenters. The van der Waals surface area contributed by atoms with E-state index >= 15 is 0 Å². The maximum atomic E-state index is 12.9. The smallest absolute Gasteiger partial charge is 0.251 e. The number of halogens is 4. The van der Waals surface area contributed by atoms with Crippen LogP contribution in [0.4, 0.5) is 0 Å². The maximum Gasteiger partial charge on any atom is 0.251 e. The van der Waals surface area contributed by atoms with Gasteiger partial charge in [0.15, 0.2) is 9.84 Å². The minimum Gasteiger partial charge on any atom is -0.347 e. The number of carbonyl (C=O) groups is 1. The third-order valence-corrected chi connectivity index (χ3v) is 8.06. The van der Waals surface area contributed by atoms with E-state index < -0.39 is 9.84 Å². The average Bonchev–Trinajstić information content (AvgIpc) is 2.76. The number of hydrogen-bond acceptors (Lipinski definition) is 5. The molecule has 0 spiro atoms. The van der Waals surface area contributed by atoms with Gasteiger partial charge in [-0.2, -0.15) is 0 Å². The van der Waals surface area contributed by atoms with Gasteiger partial charge in [-0.3, -0.25) is 14.6 Å². The van der Waals surface area contributed by atoms with Crippen molar-refractivity contribution < 1.29 is 13.2 Å². The van der Waals surface area contributed by atoms with Gasteiger partial charge < -0.3 is 5.32 Å². The van der Waals surface area contributed by atoms with E-state index in [0.29, 0.717) is 15.6 Å². The fourth-order valence-electron chi connectivity index (χ4n) is 3.92. The minimum atomic E-state index is -3.29. The number of rotatable bonds is 7. The molecule has 1 aliphatic heterocycles.